The zero-order valence-electron chi connectivity index (χ0n) is 14.8. The van der Waals surface area contributed by atoms with Gasteiger partial charge in [-0.1, -0.05) is 41.4 Å². The van der Waals surface area contributed by atoms with Crippen LogP contribution in [-0.4, -0.2) is 15.7 Å². The van der Waals surface area contributed by atoms with Gasteiger partial charge in [-0.15, -0.1) is 0 Å². The van der Waals surface area contributed by atoms with Gasteiger partial charge >= 0.3 is 0 Å². The molecule has 0 saturated heterocycles. The Balaban J connectivity index is 1.69. The summed E-state index contributed by atoms with van der Waals surface area (Å²) in [5.41, 5.74) is 1.28. The second kappa shape index (κ2) is 7.81. The van der Waals surface area contributed by atoms with Crippen molar-refractivity contribution in [1.82, 2.24) is 9.78 Å². The van der Waals surface area contributed by atoms with E-state index in [0.717, 1.165) is 23.2 Å². The normalized spacial score (nSPS) is 11.0. The van der Waals surface area contributed by atoms with Gasteiger partial charge in [0.05, 0.1) is 17.6 Å². The number of fused-ring (bicyclic) bond motifs is 1. The monoisotopic (exact) mass is 431 g/mol. The molecule has 1 N–H and O–H groups in total. The van der Waals surface area contributed by atoms with Crippen LogP contribution in [-0.2, 0) is 6.54 Å². The van der Waals surface area contributed by atoms with Gasteiger partial charge in [-0.3, -0.25) is 9.48 Å². The molecule has 0 aliphatic carbocycles. The van der Waals surface area contributed by atoms with Gasteiger partial charge in [0.15, 0.2) is 5.82 Å². The van der Waals surface area contributed by atoms with Crippen molar-refractivity contribution in [3.63, 3.8) is 0 Å². The van der Waals surface area contributed by atoms with Gasteiger partial charge in [0.25, 0.3) is 5.91 Å². The minimum atomic E-state index is -0.945. The highest BCUT2D eigenvalue weighted by atomic mass is 35.5. The van der Waals surface area contributed by atoms with E-state index in [1.807, 2.05) is 12.1 Å². The maximum atomic E-state index is 13.9. The largest absolute Gasteiger partial charge is 0.304 e. The average Bonchev–Trinajstić information content (AvgIpc) is 3.01. The van der Waals surface area contributed by atoms with Crippen LogP contribution in [0.2, 0.25) is 10.0 Å². The number of hydrogen-bond donors (Lipinski definition) is 1. The number of carbonyl (C=O) groups excluding carboxylic acids is 1. The number of carbonyl (C=O) groups is 1. The molecular weight excluding hydrogens is 419 g/mol. The van der Waals surface area contributed by atoms with E-state index in [2.05, 4.69) is 10.4 Å². The molecule has 0 fully saturated rings. The van der Waals surface area contributed by atoms with Crippen molar-refractivity contribution >= 4 is 45.8 Å². The predicted octanol–water partition coefficient (Wildman–Crippen LogP) is 5.92. The number of amides is 1. The first-order valence-corrected chi connectivity index (χ1v) is 9.34. The topological polar surface area (TPSA) is 46.9 Å². The number of para-hydroxylation sites is 1. The Morgan fingerprint density at radius 3 is 2.59 bits per heavy atom. The highest BCUT2D eigenvalue weighted by molar-refractivity contribution is 6.35. The molecule has 0 spiro atoms. The van der Waals surface area contributed by atoms with E-state index in [1.54, 1.807) is 35.0 Å². The number of anilines is 1. The molecule has 1 amide bonds. The van der Waals surface area contributed by atoms with Gasteiger partial charge in [0.1, 0.15) is 11.6 Å². The third kappa shape index (κ3) is 3.95. The van der Waals surface area contributed by atoms with Gasteiger partial charge in [-0.2, -0.15) is 5.10 Å². The van der Waals surface area contributed by atoms with Crippen LogP contribution in [0.25, 0.3) is 10.9 Å². The fraction of sp³-hybridized carbons (Fsp3) is 0.0476. The highest BCUT2D eigenvalue weighted by Crippen LogP contribution is 2.27. The lowest BCUT2D eigenvalue weighted by atomic mass is 10.2. The number of halogens is 4. The average molecular weight is 432 g/mol. The lowest BCUT2D eigenvalue weighted by Crippen LogP contribution is -2.15. The lowest BCUT2D eigenvalue weighted by Gasteiger charge is -2.06. The summed E-state index contributed by atoms with van der Waals surface area (Å²) in [5, 5.41) is 8.76. The molecule has 29 heavy (non-hydrogen) atoms. The molecule has 0 unspecified atom stereocenters. The third-order valence-electron chi connectivity index (χ3n) is 4.40. The Kier molecular flexibility index (Phi) is 5.22. The van der Waals surface area contributed by atoms with Crippen LogP contribution < -0.4 is 5.32 Å². The fourth-order valence-corrected chi connectivity index (χ4v) is 3.47. The van der Waals surface area contributed by atoms with Crippen LogP contribution in [0.5, 0.6) is 0 Å². The minimum absolute atomic E-state index is 0.263. The molecule has 0 aliphatic rings. The minimum Gasteiger partial charge on any atom is -0.304 e. The second-order valence-electron chi connectivity index (χ2n) is 6.34. The molecule has 4 rings (SSSR count). The summed E-state index contributed by atoms with van der Waals surface area (Å²) in [7, 11) is 0. The standard InChI is InChI=1S/C21H13Cl2F2N3O/c22-13-6-5-12(17(23)9-13)11-28-19-4-2-1-3-16(19)20(27-28)26-21(29)15-8-7-14(24)10-18(15)25/h1-10H,11H2,(H,26,27,29). The molecule has 4 aromatic rings. The number of aromatic nitrogens is 2. The number of nitrogens with zero attached hydrogens (tertiary/aromatic N) is 2. The predicted molar refractivity (Wildman–Crippen MR) is 110 cm³/mol. The van der Waals surface area contributed by atoms with Crippen LogP contribution in [0, 0.1) is 11.6 Å². The van der Waals surface area contributed by atoms with Gasteiger partial charge in [-0.25, -0.2) is 8.78 Å². The van der Waals surface area contributed by atoms with Crippen molar-refractivity contribution in [2.45, 2.75) is 6.54 Å². The maximum absolute atomic E-state index is 13.9. The number of hydrogen-bond acceptors (Lipinski definition) is 2. The van der Waals surface area contributed by atoms with Crippen LogP contribution in [0.4, 0.5) is 14.6 Å². The molecule has 8 heteroatoms. The number of nitrogens with one attached hydrogen (secondary N) is 1. The van der Waals surface area contributed by atoms with E-state index in [1.165, 1.54) is 0 Å². The van der Waals surface area contributed by atoms with Crippen molar-refractivity contribution in [3.05, 3.63) is 93.5 Å². The summed E-state index contributed by atoms with van der Waals surface area (Å²) < 4.78 is 28.7. The Morgan fingerprint density at radius 1 is 1.03 bits per heavy atom. The fourth-order valence-electron chi connectivity index (χ4n) is 3.00. The Bertz CT molecular complexity index is 1240. The Labute approximate surface area is 174 Å². The molecular formula is C21H13Cl2F2N3O. The third-order valence-corrected chi connectivity index (χ3v) is 4.99. The van der Waals surface area contributed by atoms with Crippen molar-refractivity contribution in [3.8, 4) is 0 Å². The molecule has 3 aromatic carbocycles. The van der Waals surface area contributed by atoms with Crippen molar-refractivity contribution < 1.29 is 13.6 Å². The molecule has 1 aromatic heterocycles. The van der Waals surface area contributed by atoms with E-state index in [9.17, 15) is 13.6 Å². The first kappa shape index (κ1) is 19.4. The maximum Gasteiger partial charge on any atom is 0.259 e. The van der Waals surface area contributed by atoms with E-state index >= 15 is 0 Å². The molecule has 146 valence electrons. The molecule has 0 atom stereocenters. The summed E-state index contributed by atoms with van der Waals surface area (Å²) in [5.74, 6) is -2.16. The second-order valence-corrected chi connectivity index (χ2v) is 7.18. The van der Waals surface area contributed by atoms with Gasteiger partial charge in [-0.05, 0) is 42.0 Å². The SMILES string of the molecule is O=C(Nc1nn(Cc2ccc(Cl)cc2Cl)c2ccccc12)c1ccc(F)cc1F. The summed E-state index contributed by atoms with van der Waals surface area (Å²) in [4.78, 5) is 12.5. The molecule has 1 heterocycles. The number of rotatable bonds is 4. The summed E-state index contributed by atoms with van der Waals surface area (Å²) >= 11 is 12.2. The number of benzene rings is 3. The molecule has 0 radical (unpaired) electrons. The zero-order chi connectivity index (χ0) is 20.5. The van der Waals surface area contributed by atoms with Crippen molar-refractivity contribution in [1.29, 1.82) is 0 Å². The van der Waals surface area contributed by atoms with Crippen molar-refractivity contribution in [2.75, 3.05) is 5.32 Å². The lowest BCUT2D eigenvalue weighted by molar-refractivity contribution is 0.102. The smallest absolute Gasteiger partial charge is 0.259 e. The highest BCUT2D eigenvalue weighted by Gasteiger charge is 2.17. The van der Waals surface area contributed by atoms with E-state index in [4.69, 9.17) is 23.2 Å². The summed E-state index contributed by atoms with van der Waals surface area (Å²) in [6.07, 6.45) is 0. The summed E-state index contributed by atoms with van der Waals surface area (Å²) in [6.45, 7) is 0.345. The van der Waals surface area contributed by atoms with Gasteiger partial charge in [0, 0.05) is 21.5 Å². The Hall–Kier alpha value is -2.96. The first-order valence-electron chi connectivity index (χ1n) is 8.58. The van der Waals surface area contributed by atoms with Crippen LogP contribution in [0.3, 0.4) is 0 Å². The van der Waals surface area contributed by atoms with Crippen molar-refractivity contribution in [2.24, 2.45) is 0 Å². The van der Waals surface area contributed by atoms with Gasteiger partial charge in [0.2, 0.25) is 0 Å². The van der Waals surface area contributed by atoms with E-state index in [-0.39, 0.29) is 11.4 Å². The van der Waals surface area contributed by atoms with Crippen LogP contribution >= 0.6 is 23.2 Å². The molecule has 0 bridgehead atoms. The van der Waals surface area contributed by atoms with Gasteiger partial charge < -0.3 is 5.32 Å². The van der Waals surface area contributed by atoms with E-state index < -0.39 is 17.5 Å². The molecule has 4 nitrogen and oxygen atoms in total. The Morgan fingerprint density at radius 2 is 1.83 bits per heavy atom. The zero-order valence-corrected chi connectivity index (χ0v) is 16.3. The van der Waals surface area contributed by atoms with E-state index in [0.29, 0.717) is 28.0 Å². The quantitative estimate of drug-likeness (QED) is 0.435. The molecule has 0 aliphatic heterocycles. The van der Waals surface area contributed by atoms with Crippen LogP contribution in [0.1, 0.15) is 15.9 Å². The molecule has 0 saturated carbocycles. The first-order chi connectivity index (χ1) is 13.9. The summed E-state index contributed by atoms with van der Waals surface area (Å²) in [6, 6.07) is 15.2. The van der Waals surface area contributed by atoms with Crippen LogP contribution in [0.15, 0.2) is 60.7 Å².